The Morgan fingerprint density at radius 1 is 1.55 bits per heavy atom. The van der Waals surface area contributed by atoms with Gasteiger partial charge in [0, 0.05) is 31.0 Å². The summed E-state index contributed by atoms with van der Waals surface area (Å²) < 4.78 is 10.2. The van der Waals surface area contributed by atoms with Crippen molar-refractivity contribution in [2.24, 2.45) is 4.99 Å². The molecule has 0 bridgehead atoms. The van der Waals surface area contributed by atoms with E-state index in [-0.39, 0.29) is 5.15 Å². The molecule has 2 heterocycles. The maximum Gasteiger partial charge on any atom is 0.340 e. The van der Waals surface area contributed by atoms with Crippen LogP contribution >= 0.6 is 11.6 Å². The molecule has 0 unspecified atom stereocenters. The molecule has 1 aliphatic rings. The van der Waals surface area contributed by atoms with Crippen LogP contribution in [-0.2, 0) is 9.47 Å². The molecule has 0 spiro atoms. The van der Waals surface area contributed by atoms with Crippen LogP contribution in [0.25, 0.3) is 0 Å². The van der Waals surface area contributed by atoms with Crippen molar-refractivity contribution in [3.63, 3.8) is 0 Å². The van der Waals surface area contributed by atoms with Gasteiger partial charge in [-0.2, -0.15) is 0 Å². The number of carbonyl (C=O) groups excluding carboxylic acids is 1. The van der Waals surface area contributed by atoms with E-state index in [1.165, 1.54) is 13.3 Å². The number of hydrogen-bond acceptors (Lipinski definition) is 6. The number of methoxy groups -OCH3 is 1. The summed E-state index contributed by atoms with van der Waals surface area (Å²) in [4.78, 5) is 22.3. The SMILES string of the molecule is COC(=O)c1ccnc(Cl)c1/N=C/CN1[C@H](C)COC[C@@H]1C. The molecular weight excluding hydrogens is 306 g/mol. The summed E-state index contributed by atoms with van der Waals surface area (Å²) in [6.45, 7) is 6.29. The highest BCUT2D eigenvalue weighted by Crippen LogP contribution is 2.27. The first kappa shape index (κ1) is 16.9. The second-order valence-corrected chi connectivity index (χ2v) is 5.59. The fourth-order valence-electron chi connectivity index (χ4n) is 2.45. The molecular formula is C15H20ClN3O3. The van der Waals surface area contributed by atoms with E-state index in [1.54, 1.807) is 12.3 Å². The summed E-state index contributed by atoms with van der Waals surface area (Å²) in [6.07, 6.45) is 3.20. The van der Waals surface area contributed by atoms with Gasteiger partial charge in [-0.1, -0.05) is 11.6 Å². The van der Waals surface area contributed by atoms with E-state index < -0.39 is 5.97 Å². The van der Waals surface area contributed by atoms with Gasteiger partial charge in [0.1, 0.15) is 5.69 Å². The lowest BCUT2D eigenvalue weighted by atomic mass is 10.2. The first-order valence-corrected chi connectivity index (χ1v) is 7.51. The van der Waals surface area contributed by atoms with E-state index in [2.05, 4.69) is 28.7 Å². The molecule has 1 saturated heterocycles. The normalized spacial score (nSPS) is 22.9. The van der Waals surface area contributed by atoms with Gasteiger partial charge in [0.05, 0.1) is 25.9 Å². The number of carbonyl (C=O) groups is 1. The number of hydrogen-bond donors (Lipinski definition) is 0. The van der Waals surface area contributed by atoms with Crippen LogP contribution in [0.15, 0.2) is 17.3 Å². The van der Waals surface area contributed by atoms with Gasteiger partial charge >= 0.3 is 5.97 Å². The molecule has 2 atom stereocenters. The summed E-state index contributed by atoms with van der Waals surface area (Å²) in [5, 5.41) is 0.183. The largest absolute Gasteiger partial charge is 0.465 e. The Hall–Kier alpha value is -1.50. The van der Waals surface area contributed by atoms with Crippen LogP contribution in [0.2, 0.25) is 5.15 Å². The molecule has 2 rings (SSSR count). The fourth-order valence-corrected chi connectivity index (χ4v) is 2.65. The fraction of sp³-hybridized carbons (Fsp3) is 0.533. The molecule has 1 fully saturated rings. The monoisotopic (exact) mass is 325 g/mol. The lowest BCUT2D eigenvalue weighted by molar-refractivity contribution is -0.0280. The van der Waals surface area contributed by atoms with Crippen LogP contribution in [0.3, 0.4) is 0 Å². The van der Waals surface area contributed by atoms with Crippen molar-refractivity contribution >= 4 is 29.5 Å². The van der Waals surface area contributed by atoms with E-state index in [1.807, 2.05) is 0 Å². The van der Waals surface area contributed by atoms with Crippen molar-refractivity contribution < 1.29 is 14.3 Å². The van der Waals surface area contributed by atoms with Crippen LogP contribution in [0.1, 0.15) is 24.2 Å². The summed E-state index contributed by atoms with van der Waals surface area (Å²) in [5.74, 6) is -0.482. The highest BCUT2D eigenvalue weighted by atomic mass is 35.5. The standard InChI is InChI=1S/C15H20ClN3O3/c1-10-8-22-9-11(2)19(10)7-6-17-13-12(15(20)21-3)4-5-18-14(13)16/h4-6,10-11H,7-9H2,1-3H3/b17-6+/t10-,11+. The number of morpholine rings is 1. The second-order valence-electron chi connectivity index (χ2n) is 5.23. The Labute approximate surface area is 135 Å². The zero-order valence-electron chi connectivity index (χ0n) is 13.0. The van der Waals surface area contributed by atoms with E-state index >= 15 is 0 Å². The van der Waals surface area contributed by atoms with Gasteiger partial charge < -0.3 is 9.47 Å². The predicted octanol–water partition coefficient (Wildman–Crippen LogP) is 2.33. The van der Waals surface area contributed by atoms with E-state index in [0.29, 0.717) is 43.1 Å². The maximum absolute atomic E-state index is 11.7. The van der Waals surface area contributed by atoms with Crippen LogP contribution in [0.4, 0.5) is 5.69 Å². The third-order valence-corrected chi connectivity index (χ3v) is 3.92. The minimum absolute atomic E-state index is 0.183. The Kier molecular flexibility index (Phi) is 5.88. The van der Waals surface area contributed by atoms with E-state index in [4.69, 9.17) is 21.1 Å². The summed E-state index contributed by atoms with van der Waals surface area (Å²) in [5.41, 5.74) is 0.645. The number of nitrogens with zero attached hydrogens (tertiary/aromatic N) is 3. The van der Waals surface area contributed by atoms with Gasteiger partial charge in [-0.25, -0.2) is 9.78 Å². The molecule has 7 heteroatoms. The van der Waals surface area contributed by atoms with Gasteiger partial charge in [0.25, 0.3) is 0 Å². The highest BCUT2D eigenvalue weighted by Gasteiger charge is 2.24. The topological polar surface area (TPSA) is 64.0 Å². The van der Waals surface area contributed by atoms with Gasteiger partial charge in [-0.3, -0.25) is 9.89 Å². The number of aliphatic imine (C=N–C) groups is 1. The van der Waals surface area contributed by atoms with Crippen molar-refractivity contribution in [1.82, 2.24) is 9.88 Å². The van der Waals surface area contributed by atoms with E-state index in [0.717, 1.165) is 0 Å². The van der Waals surface area contributed by atoms with Crippen molar-refractivity contribution in [1.29, 1.82) is 0 Å². The van der Waals surface area contributed by atoms with Crippen molar-refractivity contribution in [2.45, 2.75) is 25.9 Å². The molecule has 120 valence electrons. The smallest absolute Gasteiger partial charge is 0.340 e. The Morgan fingerprint density at radius 3 is 2.86 bits per heavy atom. The Bertz CT molecular complexity index is 555. The summed E-state index contributed by atoms with van der Waals surface area (Å²) >= 11 is 6.04. The first-order valence-electron chi connectivity index (χ1n) is 7.13. The van der Waals surface area contributed by atoms with E-state index in [9.17, 15) is 4.79 Å². The number of ether oxygens (including phenoxy) is 2. The number of aromatic nitrogens is 1. The molecule has 6 nitrogen and oxygen atoms in total. The summed E-state index contributed by atoms with van der Waals surface area (Å²) in [7, 11) is 1.32. The molecule has 0 aliphatic carbocycles. The van der Waals surface area contributed by atoms with Crippen LogP contribution in [-0.4, -0.2) is 61.0 Å². The zero-order valence-corrected chi connectivity index (χ0v) is 13.7. The van der Waals surface area contributed by atoms with Crippen molar-refractivity contribution in [2.75, 3.05) is 26.9 Å². The van der Waals surface area contributed by atoms with Gasteiger partial charge in [-0.05, 0) is 19.9 Å². The first-order chi connectivity index (χ1) is 10.5. The van der Waals surface area contributed by atoms with Crippen LogP contribution < -0.4 is 0 Å². The van der Waals surface area contributed by atoms with Gasteiger partial charge in [0.15, 0.2) is 5.15 Å². The Balaban J connectivity index is 2.14. The molecule has 0 saturated carbocycles. The van der Waals surface area contributed by atoms with Crippen molar-refractivity contribution in [3.8, 4) is 0 Å². The number of halogens is 1. The second kappa shape index (κ2) is 7.67. The van der Waals surface area contributed by atoms with Crippen molar-refractivity contribution in [3.05, 3.63) is 23.0 Å². The highest BCUT2D eigenvalue weighted by molar-refractivity contribution is 6.32. The third kappa shape index (κ3) is 3.82. The average molecular weight is 326 g/mol. The predicted molar refractivity (Wildman–Crippen MR) is 85.2 cm³/mol. The number of esters is 1. The molecule has 1 aromatic heterocycles. The Morgan fingerprint density at radius 2 is 2.23 bits per heavy atom. The number of pyridine rings is 1. The molecule has 0 amide bonds. The van der Waals surface area contributed by atoms with Gasteiger partial charge in [-0.15, -0.1) is 0 Å². The molecule has 0 aromatic carbocycles. The molecule has 1 aliphatic heterocycles. The zero-order chi connectivity index (χ0) is 16.1. The quantitative estimate of drug-likeness (QED) is 0.483. The molecule has 0 N–H and O–H groups in total. The van der Waals surface area contributed by atoms with Crippen LogP contribution in [0.5, 0.6) is 0 Å². The molecule has 22 heavy (non-hydrogen) atoms. The molecule has 1 aromatic rings. The lowest BCUT2D eigenvalue weighted by Crippen LogP contribution is -2.50. The van der Waals surface area contributed by atoms with Gasteiger partial charge in [0.2, 0.25) is 0 Å². The third-order valence-electron chi connectivity index (χ3n) is 3.65. The van der Waals surface area contributed by atoms with Crippen LogP contribution in [0, 0.1) is 0 Å². The minimum Gasteiger partial charge on any atom is -0.465 e. The summed E-state index contributed by atoms with van der Waals surface area (Å²) in [6, 6.07) is 2.18. The number of rotatable bonds is 4. The minimum atomic E-state index is -0.482. The maximum atomic E-state index is 11.7. The average Bonchev–Trinajstić information content (AvgIpc) is 2.50. The lowest BCUT2D eigenvalue weighted by Gasteiger charge is -2.37. The molecule has 0 radical (unpaired) electrons.